The molecule has 2 unspecified atom stereocenters. The molecule has 2 atom stereocenters. The molecule has 1 saturated carbocycles. The molecule has 1 rings (SSSR count). The molecule has 0 aliphatic heterocycles. The highest BCUT2D eigenvalue weighted by atomic mass is 16.4. The summed E-state index contributed by atoms with van der Waals surface area (Å²) in [6.45, 7) is 7.19. The molecule has 0 amide bonds. The number of carbonyl (C=O) groups is 1. The fourth-order valence-corrected chi connectivity index (χ4v) is 2.69. The van der Waals surface area contributed by atoms with Crippen LogP contribution in [0.4, 0.5) is 0 Å². The van der Waals surface area contributed by atoms with Gasteiger partial charge in [0.1, 0.15) is 0 Å². The molecule has 15 heavy (non-hydrogen) atoms. The molecular formula is C12H23NO2. The zero-order valence-electron chi connectivity index (χ0n) is 10.0. The molecule has 0 spiro atoms. The SMILES string of the molecule is CC(C)(C)C1CCC(CN)(CC(=O)O)C1. The molecule has 3 N–H and O–H groups in total. The van der Waals surface area contributed by atoms with Gasteiger partial charge in [-0.3, -0.25) is 4.79 Å². The Hall–Kier alpha value is -0.570. The summed E-state index contributed by atoms with van der Waals surface area (Å²) in [6, 6.07) is 0. The lowest BCUT2D eigenvalue weighted by Gasteiger charge is -2.30. The summed E-state index contributed by atoms with van der Waals surface area (Å²) in [4.78, 5) is 10.8. The minimum atomic E-state index is -0.713. The second-order valence-corrected chi connectivity index (χ2v) is 6.08. The highest BCUT2D eigenvalue weighted by Crippen LogP contribution is 2.49. The molecule has 0 bridgehead atoms. The van der Waals surface area contributed by atoms with E-state index in [1.807, 2.05) is 0 Å². The molecular weight excluding hydrogens is 190 g/mol. The Kier molecular flexibility index (Phi) is 3.44. The Balaban J connectivity index is 2.69. The third-order valence-corrected chi connectivity index (χ3v) is 3.89. The lowest BCUT2D eigenvalue weighted by atomic mass is 9.75. The van der Waals surface area contributed by atoms with Gasteiger partial charge in [-0.25, -0.2) is 0 Å². The van der Waals surface area contributed by atoms with Crippen LogP contribution in [-0.4, -0.2) is 17.6 Å². The summed E-state index contributed by atoms with van der Waals surface area (Å²) >= 11 is 0. The molecule has 0 aromatic heterocycles. The highest BCUT2D eigenvalue weighted by molar-refractivity contribution is 5.67. The zero-order valence-corrected chi connectivity index (χ0v) is 10.0. The van der Waals surface area contributed by atoms with Crippen LogP contribution in [0.25, 0.3) is 0 Å². The molecule has 1 aliphatic rings. The lowest BCUT2D eigenvalue weighted by Crippen LogP contribution is -2.31. The van der Waals surface area contributed by atoms with E-state index < -0.39 is 5.97 Å². The summed E-state index contributed by atoms with van der Waals surface area (Å²) in [7, 11) is 0. The minimum Gasteiger partial charge on any atom is -0.481 e. The number of carboxylic acid groups (broad SMARTS) is 1. The van der Waals surface area contributed by atoms with Gasteiger partial charge in [-0.1, -0.05) is 20.8 Å². The Labute approximate surface area is 92.0 Å². The average Bonchev–Trinajstić information content (AvgIpc) is 2.47. The first-order chi connectivity index (χ1) is 6.79. The van der Waals surface area contributed by atoms with Gasteiger partial charge in [0.05, 0.1) is 6.42 Å². The lowest BCUT2D eigenvalue weighted by molar-refractivity contribution is -0.139. The Morgan fingerprint density at radius 2 is 2.13 bits per heavy atom. The third-order valence-electron chi connectivity index (χ3n) is 3.89. The van der Waals surface area contributed by atoms with E-state index in [4.69, 9.17) is 10.8 Å². The van der Waals surface area contributed by atoms with Crippen molar-refractivity contribution in [3.05, 3.63) is 0 Å². The molecule has 3 heteroatoms. The summed E-state index contributed by atoms with van der Waals surface area (Å²) in [5.74, 6) is -0.101. The first kappa shape index (κ1) is 12.5. The minimum absolute atomic E-state index is 0.135. The van der Waals surface area contributed by atoms with Crippen molar-refractivity contribution in [2.24, 2.45) is 22.5 Å². The number of carboxylic acids is 1. The van der Waals surface area contributed by atoms with E-state index in [9.17, 15) is 4.79 Å². The van der Waals surface area contributed by atoms with Crippen LogP contribution in [0.3, 0.4) is 0 Å². The summed E-state index contributed by atoms with van der Waals surface area (Å²) in [5, 5.41) is 8.90. The fraction of sp³-hybridized carbons (Fsp3) is 0.917. The zero-order chi connectivity index (χ0) is 11.7. The van der Waals surface area contributed by atoms with Crippen LogP contribution >= 0.6 is 0 Å². The van der Waals surface area contributed by atoms with Crippen LogP contribution in [0.1, 0.15) is 46.5 Å². The maximum absolute atomic E-state index is 10.8. The van der Waals surface area contributed by atoms with Crippen molar-refractivity contribution in [3.63, 3.8) is 0 Å². The van der Waals surface area contributed by atoms with Gasteiger partial charge in [0.2, 0.25) is 0 Å². The van der Waals surface area contributed by atoms with E-state index in [0.29, 0.717) is 12.5 Å². The van der Waals surface area contributed by atoms with Crippen LogP contribution in [0.5, 0.6) is 0 Å². The van der Waals surface area contributed by atoms with Gasteiger partial charge in [0.25, 0.3) is 0 Å². The van der Waals surface area contributed by atoms with Crippen LogP contribution in [0.15, 0.2) is 0 Å². The molecule has 1 aliphatic carbocycles. The molecule has 0 radical (unpaired) electrons. The maximum Gasteiger partial charge on any atom is 0.303 e. The largest absolute Gasteiger partial charge is 0.481 e. The first-order valence-corrected chi connectivity index (χ1v) is 5.71. The van der Waals surface area contributed by atoms with Crippen molar-refractivity contribution in [1.82, 2.24) is 0 Å². The molecule has 0 aromatic rings. The molecule has 0 heterocycles. The van der Waals surface area contributed by atoms with Crippen molar-refractivity contribution in [1.29, 1.82) is 0 Å². The topological polar surface area (TPSA) is 63.3 Å². The van der Waals surface area contributed by atoms with Gasteiger partial charge < -0.3 is 10.8 Å². The number of rotatable bonds is 3. The summed E-state index contributed by atoms with van der Waals surface area (Å²) in [5.41, 5.74) is 5.90. The van der Waals surface area contributed by atoms with Crippen LogP contribution < -0.4 is 5.73 Å². The molecule has 3 nitrogen and oxygen atoms in total. The van der Waals surface area contributed by atoms with Crippen LogP contribution in [0.2, 0.25) is 0 Å². The van der Waals surface area contributed by atoms with E-state index in [1.54, 1.807) is 0 Å². The van der Waals surface area contributed by atoms with E-state index in [1.165, 1.54) is 0 Å². The quantitative estimate of drug-likeness (QED) is 0.755. The Morgan fingerprint density at radius 3 is 2.47 bits per heavy atom. The number of aliphatic carboxylic acids is 1. The van der Waals surface area contributed by atoms with Gasteiger partial charge in [-0.05, 0) is 42.6 Å². The molecule has 1 fully saturated rings. The number of hydrogen-bond donors (Lipinski definition) is 2. The average molecular weight is 213 g/mol. The molecule has 0 saturated heterocycles. The van der Waals surface area contributed by atoms with Crippen molar-refractivity contribution >= 4 is 5.97 Å². The predicted molar refractivity (Wildman–Crippen MR) is 60.5 cm³/mol. The van der Waals surface area contributed by atoms with Gasteiger partial charge in [-0.15, -0.1) is 0 Å². The monoisotopic (exact) mass is 213 g/mol. The standard InChI is InChI=1S/C12H23NO2/c1-11(2,3)9-4-5-12(6-9,8-13)7-10(14)15/h9H,4-8,13H2,1-3H3,(H,14,15). The normalized spacial score (nSPS) is 31.9. The van der Waals surface area contributed by atoms with Gasteiger partial charge >= 0.3 is 5.97 Å². The van der Waals surface area contributed by atoms with E-state index in [2.05, 4.69) is 20.8 Å². The van der Waals surface area contributed by atoms with Crippen molar-refractivity contribution < 1.29 is 9.90 Å². The van der Waals surface area contributed by atoms with Crippen molar-refractivity contribution in [3.8, 4) is 0 Å². The Morgan fingerprint density at radius 1 is 1.53 bits per heavy atom. The second kappa shape index (κ2) is 4.12. The fourth-order valence-electron chi connectivity index (χ4n) is 2.69. The molecule has 0 aromatic carbocycles. The second-order valence-electron chi connectivity index (χ2n) is 6.08. The molecule has 88 valence electrons. The summed E-state index contributed by atoms with van der Waals surface area (Å²) < 4.78 is 0. The third kappa shape index (κ3) is 2.94. The first-order valence-electron chi connectivity index (χ1n) is 5.71. The Bertz CT molecular complexity index is 244. The smallest absolute Gasteiger partial charge is 0.303 e. The summed E-state index contributed by atoms with van der Waals surface area (Å²) in [6.07, 6.45) is 3.29. The van der Waals surface area contributed by atoms with E-state index in [0.717, 1.165) is 19.3 Å². The van der Waals surface area contributed by atoms with Gasteiger partial charge in [0.15, 0.2) is 0 Å². The van der Waals surface area contributed by atoms with Crippen LogP contribution in [-0.2, 0) is 4.79 Å². The van der Waals surface area contributed by atoms with E-state index >= 15 is 0 Å². The highest BCUT2D eigenvalue weighted by Gasteiger charge is 2.43. The van der Waals surface area contributed by atoms with Gasteiger partial charge in [0, 0.05) is 0 Å². The van der Waals surface area contributed by atoms with Crippen molar-refractivity contribution in [2.45, 2.75) is 46.5 Å². The number of nitrogens with two attached hydrogens (primary N) is 1. The van der Waals surface area contributed by atoms with Crippen molar-refractivity contribution in [2.75, 3.05) is 6.54 Å². The van der Waals surface area contributed by atoms with E-state index in [-0.39, 0.29) is 17.3 Å². The predicted octanol–water partition coefficient (Wildman–Crippen LogP) is 2.25. The number of hydrogen-bond acceptors (Lipinski definition) is 2. The van der Waals surface area contributed by atoms with Crippen LogP contribution in [0, 0.1) is 16.7 Å². The maximum atomic E-state index is 10.8. The van der Waals surface area contributed by atoms with Gasteiger partial charge in [-0.2, -0.15) is 0 Å².